The van der Waals surface area contributed by atoms with Gasteiger partial charge in [-0.15, -0.1) is 0 Å². The summed E-state index contributed by atoms with van der Waals surface area (Å²) in [5, 5.41) is 3.58. The van der Waals surface area contributed by atoms with E-state index in [4.69, 9.17) is 4.74 Å². The fraction of sp³-hybridized carbons (Fsp3) is 0.316. The lowest BCUT2D eigenvalue weighted by Gasteiger charge is -2.40. The van der Waals surface area contributed by atoms with Gasteiger partial charge in [0.1, 0.15) is 12.4 Å². The SMILES string of the molecule is C=CC(=O)NCCOc1ccc2[nH]c3c(c2c1)C1CN(C3)C(=O)N(C)C1=O. The molecule has 8 heteroatoms. The molecule has 4 rings (SSSR count). The number of nitrogens with one attached hydrogen (secondary N) is 2. The van der Waals surface area contributed by atoms with Gasteiger partial charge >= 0.3 is 6.03 Å². The van der Waals surface area contributed by atoms with Crippen molar-refractivity contribution in [3.05, 3.63) is 42.1 Å². The highest BCUT2D eigenvalue weighted by Gasteiger charge is 2.43. The number of imide groups is 1. The van der Waals surface area contributed by atoms with E-state index >= 15 is 0 Å². The van der Waals surface area contributed by atoms with Gasteiger partial charge in [0.2, 0.25) is 11.8 Å². The summed E-state index contributed by atoms with van der Waals surface area (Å²) >= 11 is 0. The molecular weight excluding hydrogens is 348 g/mol. The summed E-state index contributed by atoms with van der Waals surface area (Å²) in [6.45, 7) is 4.96. The number of amides is 4. The first-order valence-corrected chi connectivity index (χ1v) is 8.73. The number of urea groups is 1. The molecule has 1 fully saturated rings. The highest BCUT2D eigenvalue weighted by atomic mass is 16.5. The molecule has 8 nitrogen and oxygen atoms in total. The molecule has 2 aromatic rings. The van der Waals surface area contributed by atoms with Crippen LogP contribution in [-0.2, 0) is 16.1 Å². The first kappa shape index (κ1) is 17.1. The summed E-state index contributed by atoms with van der Waals surface area (Å²) < 4.78 is 5.72. The molecule has 140 valence electrons. The Morgan fingerprint density at radius 2 is 2.26 bits per heavy atom. The highest BCUT2D eigenvalue weighted by Crippen LogP contribution is 2.39. The molecule has 1 aromatic carbocycles. The van der Waals surface area contributed by atoms with Gasteiger partial charge in [-0.05, 0) is 29.8 Å². The van der Waals surface area contributed by atoms with E-state index in [1.54, 1.807) is 4.90 Å². The molecule has 27 heavy (non-hydrogen) atoms. The predicted molar refractivity (Wildman–Crippen MR) is 98.3 cm³/mol. The van der Waals surface area contributed by atoms with Gasteiger partial charge in [0, 0.05) is 30.2 Å². The van der Waals surface area contributed by atoms with E-state index in [1.807, 2.05) is 18.2 Å². The van der Waals surface area contributed by atoms with Gasteiger partial charge in [-0.25, -0.2) is 4.79 Å². The first-order chi connectivity index (χ1) is 13.0. The van der Waals surface area contributed by atoms with Crippen LogP contribution in [0.25, 0.3) is 10.9 Å². The fourth-order valence-electron chi connectivity index (χ4n) is 3.73. The van der Waals surface area contributed by atoms with Gasteiger partial charge in [0.25, 0.3) is 0 Å². The smallest absolute Gasteiger partial charge is 0.326 e. The highest BCUT2D eigenvalue weighted by molar-refractivity contribution is 6.04. The molecular formula is C19H20N4O4. The van der Waals surface area contributed by atoms with Crippen molar-refractivity contribution in [2.24, 2.45) is 0 Å². The summed E-state index contributed by atoms with van der Waals surface area (Å²) in [7, 11) is 1.52. The van der Waals surface area contributed by atoms with Gasteiger partial charge in [-0.1, -0.05) is 6.58 Å². The Morgan fingerprint density at radius 1 is 1.44 bits per heavy atom. The largest absolute Gasteiger partial charge is 0.492 e. The van der Waals surface area contributed by atoms with Gasteiger partial charge in [-0.3, -0.25) is 14.5 Å². The van der Waals surface area contributed by atoms with E-state index in [-0.39, 0.29) is 23.8 Å². The number of nitrogens with zero attached hydrogens (tertiary/aromatic N) is 2. The molecule has 0 aliphatic carbocycles. The second-order valence-electron chi connectivity index (χ2n) is 6.68. The lowest BCUT2D eigenvalue weighted by Crippen LogP contribution is -2.55. The standard InChI is InChI=1S/C19H20N4O4/c1-3-16(24)20-6-7-27-11-4-5-14-12(8-11)17-13-9-23(10-15(17)21-14)19(26)22(2)18(13)25/h3-5,8,13,21H,1,6-7,9-10H2,2H3,(H,20,24). The van der Waals surface area contributed by atoms with Crippen molar-refractivity contribution in [1.29, 1.82) is 0 Å². The monoisotopic (exact) mass is 368 g/mol. The molecule has 1 unspecified atom stereocenters. The molecule has 2 N–H and O–H groups in total. The number of fused-ring (bicyclic) bond motifs is 6. The maximum absolute atomic E-state index is 12.6. The van der Waals surface area contributed by atoms with Gasteiger partial charge in [0.05, 0.1) is 19.0 Å². The third-order valence-corrected chi connectivity index (χ3v) is 5.03. The van der Waals surface area contributed by atoms with Crippen LogP contribution in [-0.4, -0.2) is 59.4 Å². The van der Waals surface area contributed by atoms with E-state index in [0.717, 1.165) is 22.2 Å². The fourth-order valence-corrected chi connectivity index (χ4v) is 3.73. The Labute approximate surface area is 155 Å². The number of rotatable bonds is 5. The molecule has 0 spiro atoms. The van der Waals surface area contributed by atoms with Gasteiger partial charge in [0.15, 0.2) is 0 Å². The van der Waals surface area contributed by atoms with E-state index < -0.39 is 0 Å². The Hall–Kier alpha value is -3.29. The summed E-state index contributed by atoms with van der Waals surface area (Å²) in [4.78, 5) is 42.2. The van der Waals surface area contributed by atoms with E-state index in [9.17, 15) is 14.4 Å². The van der Waals surface area contributed by atoms with Crippen molar-refractivity contribution >= 4 is 28.7 Å². The van der Waals surface area contributed by atoms with Crippen molar-refractivity contribution in [2.75, 3.05) is 26.7 Å². The van der Waals surface area contributed by atoms with Crippen molar-refractivity contribution in [3.63, 3.8) is 0 Å². The van der Waals surface area contributed by atoms with Crippen molar-refractivity contribution in [2.45, 2.75) is 12.5 Å². The molecule has 1 atom stereocenters. The average molecular weight is 368 g/mol. The summed E-state index contributed by atoms with van der Waals surface area (Å²) in [6.07, 6.45) is 1.21. The van der Waals surface area contributed by atoms with E-state index in [1.165, 1.54) is 18.0 Å². The zero-order chi connectivity index (χ0) is 19.1. The number of likely N-dealkylation sites (N-methyl/N-ethyl adjacent to an activating group) is 1. The van der Waals surface area contributed by atoms with Crippen LogP contribution in [0.1, 0.15) is 17.2 Å². The molecule has 2 aliphatic rings. The number of hydrogen-bond acceptors (Lipinski definition) is 4. The minimum atomic E-state index is -0.368. The Balaban J connectivity index is 1.60. The van der Waals surface area contributed by atoms with Crippen molar-refractivity contribution in [3.8, 4) is 5.75 Å². The van der Waals surface area contributed by atoms with Crippen molar-refractivity contribution in [1.82, 2.24) is 20.1 Å². The van der Waals surface area contributed by atoms with E-state index in [0.29, 0.717) is 32.0 Å². The van der Waals surface area contributed by atoms with Crippen LogP contribution in [0.15, 0.2) is 30.9 Å². The number of carbonyl (C=O) groups excluding carboxylic acids is 3. The molecule has 2 aliphatic heterocycles. The van der Waals surface area contributed by atoms with Crippen LogP contribution in [0.5, 0.6) is 5.75 Å². The summed E-state index contributed by atoms with van der Waals surface area (Å²) in [6, 6.07) is 5.39. The molecule has 1 saturated heterocycles. The minimum absolute atomic E-state index is 0.184. The third kappa shape index (κ3) is 2.83. The lowest BCUT2D eigenvalue weighted by molar-refractivity contribution is -0.132. The first-order valence-electron chi connectivity index (χ1n) is 8.73. The minimum Gasteiger partial charge on any atom is -0.492 e. The van der Waals surface area contributed by atoms with Crippen LogP contribution in [0.4, 0.5) is 4.79 Å². The zero-order valence-electron chi connectivity index (χ0n) is 14.9. The maximum Gasteiger partial charge on any atom is 0.326 e. The molecule has 0 radical (unpaired) electrons. The van der Waals surface area contributed by atoms with E-state index in [2.05, 4.69) is 16.9 Å². The quantitative estimate of drug-likeness (QED) is 0.615. The number of H-pyrrole nitrogens is 1. The Morgan fingerprint density at radius 3 is 3.04 bits per heavy atom. The third-order valence-electron chi connectivity index (χ3n) is 5.03. The summed E-state index contributed by atoms with van der Waals surface area (Å²) in [5.74, 6) is -0.135. The topological polar surface area (TPSA) is 94.7 Å². The molecule has 1 aromatic heterocycles. The second-order valence-corrected chi connectivity index (χ2v) is 6.68. The number of benzene rings is 1. The Bertz CT molecular complexity index is 964. The number of aromatic nitrogens is 1. The average Bonchev–Trinajstić information content (AvgIpc) is 3.05. The number of hydrogen-bond donors (Lipinski definition) is 2. The lowest BCUT2D eigenvalue weighted by atomic mass is 9.89. The predicted octanol–water partition coefficient (Wildman–Crippen LogP) is 1.34. The molecule has 0 saturated carbocycles. The van der Waals surface area contributed by atoms with Crippen LogP contribution < -0.4 is 10.1 Å². The normalized spacial score (nSPS) is 18.5. The number of ether oxygens (including phenoxy) is 1. The molecule has 4 amide bonds. The van der Waals surface area contributed by atoms with Crippen molar-refractivity contribution < 1.29 is 19.1 Å². The van der Waals surface area contributed by atoms with Crippen LogP contribution in [0.3, 0.4) is 0 Å². The van der Waals surface area contributed by atoms with Gasteiger partial charge < -0.3 is 19.9 Å². The molecule has 3 heterocycles. The second kappa shape index (κ2) is 6.46. The maximum atomic E-state index is 12.6. The van der Waals surface area contributed by atoms with Crippen LogP contribution >= 0.6 is 0 Å². The number of aromatic amines is 1. The molecule has 2 bridgehead atoms. The zero-order valence-corrected chi connectivity index (χ0v) is 14.9. The van der Waals surface area contributed by atoms with Gasteiger partial charge in [-0.2, -0.15) is 0 Å². The number of carbonyl (C=O) groups is 3. The Kier molecular flexibility index (Phi) is 4.10. The van der Waals surface area contributed by atoms with Crippen LogP contribution in [0.2, 0.25) is 0 Å². The summed E-state index contributed by atoms with van der Waals surface area (Å²) in [5.41, 5.74) is 2.74. The van der Waals surface area contributed by atoms with Crippen LogP contribution in [0, 0.1) is 0 Å².